The number of benzene rings is 2. The van der Waals surface area contributed by atoms with Crippen LogP contribution in [0.3, 0.4) is 0 Å². The number of aromatic nitrogens is 3. The molecule has 2 heterocycles. The van der Waals surface area contributed by atoms with Crippen LogP contribution in [0.15, 0.2) is 90.1 Å². The minimum atomic E-state index is -0.104. The highest BCUT2D eigenvalue weighted by Crippen LogP contribution is 2.25. The Hall–Kier alpha value is -3.38. The van der Waals surface area contributed by atoms with Crippen LogP contribution in [0, 0.1) is 6.92 Å². The number of amides is 1. The average molecular weight is 401 g/mol. The molecule has 0 atom stereocenters. The number of hydrogen-bond acceptors (Lipinski definition) is 4. The molecule has 0 fully saturated rings. The van der Waals surface area contributed by atoms with Gasteiger partial charge in [0, 0.05) is 17.8 Å². The minimum absolute atomic E-state index is 0.104. The summed E-state index contributed by atoms with van der Waals surface area (Å²) in [6, 6.07) is 25.5. The maximum Gasteiger partial charge on any atom is 0.235 e. The van der Waals surface area contributed by atoms with Gasteiger partial charge >= 0.3 is 0 Å². The van der Waals surface area contributed by atoms with Gasteiger partial charge < -0.3 is 5.32 Å². The van der Waals surface area contributed by atoms with Crippen LogP contribution in [0.5, 0.6) is 0 Å². The van der Waals surface area contributed by atoms with Crippen molar-refractivity contribution in [3.05, 3.63) is 90.6 Å². The van der Waals surface area contributed by atoms with E-state index in [1.54, 1.807) is 10.9 Å². The lowest BCUT2D eigenvalue weighted by atomic mass is 10.1. The van der Waals surface area contributed by atoms with Crippen molar-refractivity contribution in [2.75, 3.05) is 11.1 Å². The summed E-state index contributed by atoms with van der Waals surface area (Å²) in [5.41, 5.74) is 3.89. The Morgan fingerprint density at radius 1 is 1.00 bits per heavy atom. The highest BCUT2D eigenvalue weighted by molar-refractivity contribution is 7.99. The fraction of sp³-hybridized carbons (Fsp3) is 0.0870. The summed E-state index contributed by atoms with van der Waals surface area (Å²) in [4.78, 5) is 16.8. The van der Waals surface area contributed by atoms with E-state index >= 15 is 0 Å². The summed E-state index contributed by atoms with van der Waals surface area (Å²) in [7, 11) is 0. The van der Waals surface area contributed by atoms with Crippen LogP contribution in [0.1, 0.15) is 5.56 Å². The largest absolute Gasteiger partial charge is 0.310 e. The van der Waals surface area contributed by atoms with E-state index < -0.39 is 0 Å². The topological polar surface area (TPSA) is 59.8 Å². The number of para-hydroxylation sites is 1. The van der Waals surface area contributed by atoms with Crippen LogP contribution in [0.2, 0.25) is 0 Å². The predicted octanol–water partition coefficient (Wildman–Crippen LogP) is 4.97. The number of nitrogens with zero attached hydrogens (tertiary/aromatic N) is 3. The zero-order valence-corrected chi connectivity index (χ0v) is 16.8. The van der Waals surface area contributed by atoms with Crippen molar-refractivity contribution in [2.45, 2.75) is 11.9 Å². The van der Waals surface area contributed by atoms with Gasteiger partial charge in [0.15, 0.2) is 0 Å². The number of rotatable bonds is 6. The number of pyridine rings is 1. The van der Waals surface area contributed by atoms with Gasteiger partial charge in [0.1, 0.15) is 5.82 Å². The minimum Gasteiger partial charge on any atom is -0.310 e. The molecular weight excluding hydrogens is 380 g/mol. The Morgan fingerprint density at radius 3 is 2.48 bits per heavy atom. The van der Waals surface area contributed by atoms with E-state index in [0.29, 0.717) is 5.82 Å². The molecule has 0 aliphatic carbocycles. The Morgan fingerprint density at radius 2 is 1.76 bits per heavy atom. The highest BCUT2D eigenvalue weighted by Gasteiger charge is 2.14. The monoisotopic (exact) mass is 400 g/mol. The molecule has 29 heavy (non-hydrogen) atoms. The van der Waals surface area contributed by atoms with E-state index in [9.17, 15) is 4.79 Å². The quantitative estimate of drug-likeness (QED) is 0.464. The number of carbonyl (C=O) groups is 1. The van der Waals surface area contributed by atoms with Gasteiger partial charge in [-0.2, -0.15) is 5.10 Å². The first-order valence-corrected chi connectivity index (χ1v) is 10.2. The molecular formula is C23H20N4OS. The maximum atomic E-state index is 12.6. The SMILES string of the molecule is Cc1ccc(-c2cc(NC(=O)CSc3ccccn3)n(-c3ccccc3)n2)cc1. The summed E-state index contributed by atoms with van der Waals surface area (Å²) in [5.74, 6) is 0.809. The van der Waals surface area contributed by atoms with E-state index in [0.717, 1.165) is 22.0 Å². The smallest absolute Gasteiger partial charge is 0.235 e. The molecule has 4 rings (SSSR count). The maximum absolute atomic E-state index is 12.6. The molecule has 144 valence electrons. The molecule has 1 N–H and O–H groups in total. The third-order valence-electron chi connectivity index (χ3n) is 4.31. The normalized spacial score (nSPS) is 10.7. The standard InChI is InChI=1S/C23H20N4OS/c1-17-10-12-18(13-11-17)20-15-21(27(26-20)19-7-3-2-4-8-19)25-22(28)16-29-23-9-5-6-14-24-23/h2-15H,16H2,1H3,(H,25,28). The van der Waals surface area contributed by atoms with Gasteiger partial charge in [-0.15, -0.1) is 0 Å². The molecule has 2 aromatic carbocycles. The molecule has 0 saturated carbocycles. The van der Waals surface area contributed by atoms with E-state index in [4.69, 9.17) is 5.10 Å². The Bertz CT molecular complexity index is 1090. The van der Waals surface area contributed by atoms with Gasteiger partial charge in [0.05, 0.1) is 22.2 Å². The van der Waals surface area contributed by atoms with Gasteiger partial charge in [0.25, 0.3) is 0 Å². The first-order chi connectivity index (χ1) is 14.2. The molecule has 0 aliphatic rings. The summed E-state index contributed by atoms with van der Waals surface area (Å²) in [5, 5.41) is 8.55. The van der Waals surface area contributed by atoms with Crippen molar-refractivity contribution >= 4 is 23.5 Å². The third-order valence-corrected chi connectivity index (χ3v) is 5.26. The van der Waals surface area contributed by atoms with Gasteiger partial charge in [-0.1, -0.05) is 65.9 Å². The Balaban J connectivity index is 1.58. The van der Waals surface area contributed by atoms with Crippen molar-refractivity contribution in [3.63, 3.8) is 0 Å². The number of hydrogen-bond donors (Lipinski definition) is 1. The van der Waals surface area contributed by atoms with Crippen molar-refractivity contribution < 1.29 is 4.79 Å². The molecule has 0 saturated heterocycles. The summed E-state index contributed by atoms with van der Waals surface area (Å²) < 4.78 is 1.76. The predicted molar refractivity (Wildman–Crippen MR) is 117 cm³/mol. The van der Waals surface area contributed by atoms with Crippen molar-refractivity contribution in [1.82, 2.24) is 14.8 Å². The number of thioether (sulfide) groups is 1. The Kier molecular flexibility index (Phi) is 5.72. The number of carbonyl (C=O) groups excluding carboxylic acids is 1. The average Bonchev–Trinajstić information content (AvgIpc) is 3.18. The van der Waals surface area contributed by atoms with Gasteiger partial charge in [-0.05, 0) is 31.2 Å². The molecule has 1 amide bonds. The molecule has 0 aliphatic heterocycles. The van der Waals surface area contributed by atoms with Crippen LogP contribution < -0.4 is 5.32 Å². The number of nitrogens with one attached hydrogen (secondary N) is 1. The first kappa shape index (κ1) is 19.0. The molecule has 0 bridgehead atoms. The highest BCUT2D eigenvalue weighted by atomic mass is 32.2. The number of aryl methyl sites for hydroxylation is 1. The lowest BCUT2D eigenvalue weighted by molar-refractivity contribution is -0.113. The van der Waals surface area contributed by atoms with Crippen LogP contribution in [0.4, 0.5) is 5.82 Å². The zero-order valence-electron chi connectivity index (χ0n) is 15.9. The first-order valence-electron chi connectivity index (χ1n) is 9.25. The van der Waals surface area contributed by atoms with Gasteiger partial charge in [0.2, 0.25) is 5.91 Å². The molecule has 5 nitrogen and oxygen atoms in total. The third kappa shape index (κ3) is 4.73. The van der Waals surface area contributed by atoms with E-state index in [-0.39, 0.29) is 11.7 Å². The Labute approximate surface area is 173 Å². The molecule has 0 unspecified atom stereocenters. The lowest BCUT2D eigenvalue weighted by Crippen LogP contribution is -2.17. The molecule has 0 spiro atoms. The van der Waals surface area contributed by atoms with E-state index in [1.165, 1.54) is 17.3 Å². The van der Waals surface area contributed by atoms with Crippen LogP contribution in [-0.2, 0) is 4.79 Å². The van der Waals surface area contributed by atoms with Crippen LogP contribution >= 0.6 is 11.8 Å². The summed E-state index contributed by atoms with van der Waals surface area (Å²) in [6.45, 7) is 2.05. The summed E-state index contributed by atoms with van der Waals surface area (Å²) in [6.07, 6.45) is 1.72. The zero-order chi connectivity index (χ0) is 20.1. The van der Waals surface area contributed by atoms with Gasteiger partial charge in [-0.25, -0.2) is 9.67 Å². The number of anilines is 1. The van der Waals surface area contributed by atoms with Crippen molar-refractivity contribution in [3.8, 4) is 16.9 Å². The van der Waals surface area contributed by atoms with Crippen molar-refractivity contribution in [2.24, 2.45) is 0 Å². The fourth-order valence-corrected chi connectivity index (χ4v) is 3.51. The second kappa shape index (κ2) is 8.75. The van der Waals surface area contributed by atoms with Gasteiger partial charge in [-0.3, -0.25) is 4.79 Å². The van der Waals surface area contributed by atoms with Crippen LogP contribution in [0.25, 0.3) is 16.9 Å². The molecule has 6 heteroatoms. The van der Waals surface area contributed by atoms with E-state index in [1.807, 2.05) is 66.7 Å². The molecule has 2 aromatic heterocycles. The lowest BCUT2D eigenvalue weighted by Gasteiger charge is -2.08. The summed E-state index contributed by atoms with van der Waals surface area (Å²) >= 11 is 1.40. The van der Waals surface area contributed by atoms with E-state index in [2.05, 4.69) is 29.4 Å². The molecule has 0 radical (unpaired) electrons. The fourth-order valence-electron chi connectivity index (χ4n) is 2.85. The molecule has 4 aromatic rings. The second-order valence-electron chi connectivity index (χ2n) is 6.53. The van der Waals surface area contributed by atoms with Crippen molar-refractivity contribution in [1.29, 1.82) is 0 Å². The van der Waals surface area contributed by atoms with Crippen LogP contribution in [-0.4, -0.2) is 26.4 Å². The second-order valence-corrected chi connectivity index (χ2v) is 7.53.